The summed E-state index contributed by atoms with van der Waals surface area (Å²) < 4.78 is 11.2. The van der Waals surface area contributed by atoms with Crippen LogP contribution in [0.25, 0.3) is 0 Å². The standard InChI is InChI=1S/C19H25N3O3/c1-14-4-5-18(25-14)19(23)22-7-6-17-15(12-22)10-20-11-16(17)13-24-9-8-21(2)3/h4-5,10-11H,6-9,12-13H2,1-3H3. The number of pyridine rings is 1. The van der Waals surface area contributed by atoms with Crippen LogP contribution in [0.4, 0.5) is 0 Å². The lowest BCUT2D eigenvalue weighted by Crippen LogP contribution is -2.36. The lowest BCUT2D eigenvalue weighted by atomic mass is 9.97. The van der Waals surface area contributed by atoms with Gasteiger partial charge in [-0.1, -0.05) is 0 Å². The summed E-state index contributed by atoms with van der Waals surface area (Å²) in [6, 6.07) is 3.55. The van der Waals surface area contributed by atoms with Crippen LogP contribution in [-0.4, -0.2) is 54.5 Å². The zero-order valence-electron chi connectivity index (χ0n) is 15.1. The van der Waals surface area contributed by atoms with E-state index in [9.17, 15) is 4.79 Å². The van der Waals surface area contributed by atoms with Gasteiger partial charge in [-0.3, -0.25) is 9.78 Å². The van der Waals surface area contributed by atoms with E-state index in [1.165, 1.54) is 5.56 Å². The molecular weight excluding hydrogens is 318 g/mol. The van der Waals surface area contributed by atoms with E-state index in [2.05, 4.69) is 9.88 Å². The van der Waals surface area contributed by atoms with Gasteiger partial charge < -0.3 is 19.0 Å². The van der Waals surface area contributed by atoms with Crippen molar-refractivity contribution in [3.63, 3.8) is 0 Å². The smallest absolute Gasteiger partial charge is 0.289 e. The Morgan fingerprint density at radius 2 is 2.20 bits per heavy atom. The molecule has 0 spiro atoms. The zero-order chi connectivity index (χ0) is 17.8. The highest BCUT2D eigenvalue weighted by Gasteiger charge is 2.25. The zero-order valence-corrected chi connectivity index (χ0v) is 15.1. The first-order chi connectivity index (χ1) is 12.0. The fourth-order valence-corrected chi connectivity index (χ4v) is 3.00. The number of fused-ring (bicyclic) bond motifs is 1. The van der Waals surface area contributed by atoms with Crippen molar-refractivity contribution in [3.05, 3.63) is 52.7 Å². The molecule has 0 N–H and O–H groups in total. The first-order valence-electron chi connectivity index (χ1n) is 8.57. The number of carbonyl (C=O) groups excluding carboxylic acids is 1. The van der Waals surface area contributed by atoms with Gasteiger partial charge in [0.1, 0.15) is 5.76 Å². The maximum absolute atomic E-state index is 12.6. The Morgan fingerprint density at radius 1 is 1.36 bits per heavy atom. The number of ether oxygens (including phenoxy) is 1. The number of hydrogen-bond donors (Lipinski definition) is 0. The van der Waals surface area contributed by atoms with Gasteiger partial charge in [0.25, 0.3) is 5.91 Å². The Bertz CT molecular complexity index is 739. The summed E-state index contributed by atoms with van der Waals surface area (Å²) in [5.74, 6) is 1.09. The number of nitrogens with zero attached hydrogens (tertiary/aromatic N) is 3. The van der Waals surface area contributed by atoms with Gasteiger partial charge in [-0.2, -0.15) is 0 Å². The summed E-state index contributed by atoms with van der Waals surface area (Å²) in [4.78, 5) is 20.8. The normalized spacial score (nSPS) is 14.0. The van der Waals surface area contributed by atoms with Crippen LogP contribution in [0.5, 0.6) is 0 Å². The highest BCUT2D eigenvalue weighted by Crippen LogP contribution is 2.24. The van der Waals surface area contributed by atoms with Gasteiger partial charge in [-0.05, 0) is 56.3 Å². The molecule has 6 heteroatoms. The second-order valence-corrected chi connectivity index (χ2v) is 6.68. The van der Waals surface area contributed by atoms with Crippen molar-refractivity contribution in [3.8, 4) is 0 Å². The van der Waals surface area contributed by atoms with Gasteiger partial charge in [0.15, 0.2) is 5.76 Å². The summed E-state index contributed by atoms with van der Waals surface area (Å²) in [5, 5.41) is 0. The minimum atomic E-state index is -0.0635. The maximum atomic E-state index is 12.6. The number of aryl methyl sites for hydroxylation is 1. The third kappa shape index (κ3) is 4.27. The third-order valence-corrected chi connectivity index (χ3v) is 4.41. The van der Waals surface area contributed by atoms with E-state index in [1.807, 2.05) is 44.4 Å². The molecule has 6 nitrogen and oxygen atoms in total. The van der Waals surface area contributed by atoms with Crippen LogP contribution >= 0.6 is 0 Å². The molecule has 1 aliphatic rings. The Labute approximate surface area is 148 Å². The van der Waals surface area contributed by atoms with Gasteiger partial charge in [-0.15, -0.1) is 0 Å². The summed E-state index contributed by atoms with van der Waals surface area (Å²) in [7, 11) is 4.06. The van der Waals surface area contributed by atoms with E-state index in [1.54, 1.807) is 6.07 Å². The molecule has 134 valence electrons. The van der Waals surface area contributed by atoms with Crippen LogP contribution in [0.3, 0.4) is 0 Å². The van der Waals surface area contributed by atoms with Gasteiger partial charge in [0.2, 0.25) is 0 Å². The molecule has 0 fully saturated rings. The molecular formula is C19H25N3O3. The van der Waals surface area contributed by atoms with Crippen molar-refractivity contribution in [2.75, 3.05) is 33.8 Å². The minimum Gasteiger partial charge on any atom is -0.456 e. The molecule has 0 aliphatic carbocycles. The summed E-state index contributed by atoms with van der Waals surface area (Å²) in [5.41, 5.74) is 3.48. The predicted octanol–water partition coefficient (Wildman–Crippen LogP) is 2.26. The molecule has 1 amide bonds. The Hall–Kier alpha value is -2.18. The average Bonchev–Trinajstić information content (AvgIpc) is 3.04. The van der Waals surface area contributed by atoms with Crippen molar-refractivity contribution in [2.45, 2.75) is 26.5 Å². The van der Waals surface area contributed by atoms with Gasteiger partial charge in [0, 0.05) is 32.0 Å². The summed E-state index contributed by atoms with van der Waals surface area (Å²) in [6.45, 7) is 5.24. The lowest BCUT2D eigenvalue weighted by Gasteiger charge is -2.29. The fourth-order valence-electron chi connectivity index (χ4n) is 3.00. The third-order valence-electron chi connectivity index (χ3n) is 4.41. The first kappa shape index (κ1) is 17.6. The van der Waals surface area contributed by atoms with Crippen LogP contribution in [0.2, 0.25) is 0 Å². The molecule has 0 atom stereocenters. The van der Waals surface area contributed by atoms with Crippen molar-refractivity contribution in [2.24, 2.45) is 0 Å². The van der Waals surface area contributed by atoms with Crippen molar-refractivity contribution in [1.29, 1.82) is 0 Å². The minimum absolute atomic E-state index is 0.0635. The van der Waals surface area contributed by atoms with Crippen molar-refractivity contribution >= 4 is 5.91 Å². The van der Waals surface area contributed by atoms with E-state index in [0.717, 1.165) is 29.9 Å². The predicted molar refractivity (Wildman–Crippen MR) is 94.3 cm³/mol. The Kier molecular flexibility index (Phi) is 5.50. The van der Waals surface area contributed by atoms with Gasteiger partial charge in [0.05, 0.1) is 13.2 Å². The molecule has 0 aromatic carbocycles. The van der Waals surface area contributed by atoms with E-state index in [4.69, 9.17) is 9.15 Å². The maximum Gasteiger partial charge on any atom is 0.289 e. The quantitative estimate of drug-likeness (QED) is 0.753. The molecule has 0 radical (unpaired) electrons. The molecule has 0 bridgehead atoms. The number of hydrogen-bond acceptors (Lipinski definition) is 5. The Balaban J connectivity index is 1.65. The number of furan rings is 1. The highest BCUT2D eigenvalue weighted by molar-refractivity contribution is 5.91. The number of carbonyl (C=O) groups is 1. The van der Waals surface area contributed by atoms with Crippen LogP contribution in [0, 0.1) is 6.92 Å². The Morgan fingerprint density at radius 3 is 2.92 bits per heavy atom. The molecule has 3 rings (SSSR count). The molecule has 0 saturated heterocycles. The van der Waals surface area contributed by atoms with Gasteiger partial charge >= 0.3 is 0 Å². The van der Waals surface area contributed by atoms with E-state index in [-0.39, 0.29) is 5.91 Å². The number of amides is 1. The number of aromatic nitrogens is 1. The molecule has 25 heavy (non-hydrogen) atoms. The molecule has 3 heterocycles. The molecule has 0 unspecified atom stereocenters. The summed E-state index contributed by atoms with van der Waals surface area (Å²) in [6.07, 6.45) is 4.54. The van der Waals surface area contributed by atoms with Crippen molar-refractivity contribution in [1.82, 2.24) is 14.8 Å². The number of rotatable bonds is 6. The first-order valence-corrected chi connectivity index (χ1v) is 8.57. The monoisotopic (exact) mass is 343 g/mol. The van der Waals surface area contributed by atoms with Crippen molar-refractivity contribution < 1.29 is 13.9 Å². The topological polar surface area (TPSA) is 58.8 Å². The molecule has 0 saturated carbocycles. The highest BCUT2D eigenvalue weighted by atomic mass is 16.5. The second kappa shape index (κ2) is 7.80. The SMILES string of the molecule is Cc1ccc(C(=O)N2CCc3c(COCCN(C)C)cncc3C2)o1. The molecule has 2 aromatic rings. The fraction of sp³-hybridized carbons (Fsp3) is 0.474. The van der Waals surface area contributed by atoms with Crippen LogP contribution in [0.15, 0.2) is 28.9 Å². The van der Waals surface area contributed by atoms with Gasteiger partial charge in [-0.25, -0.2) is 0 Å². The number of likely N-dealkylation sites (N-methyl/N-ethyl adjacent to an activating group) is 1. The van der Waals surface area contributed by atoms with E-state index < -0.39 is 0 Å². The lowest BCUT2D eigenvalue weighted by molar-refractivity contribution is 0.0698. The van der Waals surface area contributed by atoms with Crippen LogP contribution in [0.1, 0.15) is 33.0 Å². The molecule has 1 aliphatic heterocycles. The summed E-state index contributed by atoms with van der Waals surface area (Å²) >= 11 is 0. The van der Waals surface area contributed by atoms with E-state index in [0.29, 0.717) is 32.1 Å². The average molecular weight is 343 g/mol. The molecule has 2 aromatic heterocycles. The second-order valence-electron chi connectivity index (χ2n) is 6.68. The van der Waals surface area contributed by atoms with Crippen LogP contribution < -0.4 is 0 Å². The van der Waals surface area contributed by atoms with Crippen LogP contribution in [-0.2, 0) is 24.3 Å². The van der Waals surface area contributed by atoms with E-state index >= 15 is 0 Å². The largest absolute Gasteiger partial charge is 0.456 e.